The van der Waals surface area contributed by atoms with Gasteiger partial charge in [0.1, 0.15) is 17.6 Å². The number of benzene rings is 3. The topological polar surface area (TPSA) is 119 Å². The fourth-order valence-corrected chi connectivity index (χ4v) is 6.71. The molecule has 0 aliphatic carbocycles. The van der Waals surface area contributed by atoms with Gasteiger partial charge in [0.15, 0.2) is 16.3 Å². The van der Waals surface area contributed by atoms with Gasteiger partial charge in [-0.2, -0.15) is 0 Å². The standard InChI is InChI=1S/C39H36N2O8S/c1-5-21-48-35-28(17-12-18-30(35)45-4)34-32(38(44)47-7-3)33(24-13-9-8-10-14-24)40-39-41(34)36(42)31(50-39)23-27-19-20-29(49-27)25-15-11-16-26(22-25)37(43)46-6-2/h8-20,22-23,34H,5-7,21H2,1-4H3/b31-23+/t34-/m1/s1. The molecule has 256 valence electrons. The zero-order valence-electron chi connectivity index (χ0n) is 28.1. The van der Waals surface area contributed by atoms with Gasteiger partial charge in [0.25, 0.3) is 5.56 Å². The SMILES string of the molecule is CCCOc1c(OC)cccc1[C@@H]1C(C(=O)OCC)=C(c2ccccc2)N=c2s/c(=C/c3ccc(-c4cccc(C(=O)OCC)c4)o3)c(=O)n21. The van der Waals surface area contributed by atoms with Crippen LogP contribution in [0.15, 0.2) is 105 Å². The van der Waals surface area contributed by atoms with Gasteiger partial charge >= 0.3 is 11.9 Å². The lowest BCUT2D eigenvalue weighted by Crippen LogP contribution is -2.40. The van der Waals surface area contributed by atoms with E-state index in [1.807, 2.05) is 49.4 Å². The molecule has 0 fully saturated rings. The maximum atomic E-state index is 14.5. The van der Waals surface area contributed by atoms with Crippen molar-refractivity contribution in [2.45, 2.75) is 33.2 Å². The van der Waals surface area contributed by atoms with E-state index in [9.17, 15) is 14.4 Å². The van der Waals surface area contributed by atoms with Crippen molar-refractivity contribution in [1.82, 2.24) is 4.57 Å². The summed E-state index contributed by atoms with van der Waals surface area (Å²) in [6, 6.07) is 24.3. The summed E-state index contributed by atoms with van der Waals surface area (Å²) in [6.07, 6.45) is 2.38. The van der Waals surface area contributed by atoms with E-state index in [-0.39, 0.29) is 24.3 Å². The number of hydrogen-bond donors (Lipinski definition) is 0. The number of para-hydroxylation sites is 1. The Balaban J connectivity index is 1.55. The molecule has 0 N–H and O–H groups in total. The van der Waals surface area contributed by atoms with E-state index in [0.29, 0.717) is 66.9 Å². The quantitative estimate of drug-likeness (QED) is 0.143. The van der Waals surface area contributed by atoms with Crippen molar-refractivity contribution in [3.05, 3.63) is 133 Å². The molecule has 0 radical (unpaired) electrons. The van der Waals surface area contributed by atoms with Crippen molar-refractivity contribution < 1.29 is 33.0 Å². The Morgan fingerprint density at radius 2 is 1.64 bits per heavy atom. The number of hydrogen-bond acceptors (Lipinski definition) is 10. The number of carbonyl (C=O) groups is 2. The van der Waals surface area contributed by atoms with Crippen LogP contribution in [-0.2, 0) is 14.3 Å². The molecule has 3 heterocycles. The predicted molar refractivity (Wildman–Crippen MR) is 190 cm³/mol. The highest BCUT2D eigenvalue weighted by molar-refractivity contribution is 7.07. The van der Waals surface area contributed by atoms with Gasteiger partial charge in [-0.3, -0.25) is 9.36 Å². The molecule has 3 aromatic carbocycles. The van der Waals surface area contributed by atoms with E-state index in [1.54, 1.807) is 69.5 Å². The van der Waals surface area contributed by atoms with Gasteiger partial charge in [0.05, 0.1) is 48.3 Å². The molecule has 0 amide bonds. The molecule has 1 aliphatic heterocycles. The zero-order chi connectivity index (χ0) is 35.2. The lowest BCUT2D eigenvalue weighted by Gasteiger charge is -2.27. The zero-order valence-corrected chi connectivity index (χ0v) is 29.0. The van der Waals surface area contributed by atoms with Crippen LogP contribution in [0.1, 0.15) is 60.5 Å². The van der Waals surface area contributed by atoms with Crippen molar-refractivity contribution in [3.63, 3.8) is 0 Å². The second-order valence-corrected chi connectivity index (χ2v) is 12.2. The summed E-state index contributed by atoms with van der Waals surface area (Å²) in [5.41, 5.74) is 2.56. The summed E-state index contributed by atoms with van der Waals surface area (Å²) in [4.78, 5) is 46.0. The Kier molecular flexibility index (Phi) is 10.4. The molecule has 1 aliphatic rings. The van der Waals surface area contributed by atoms with Crippen molar-refractivity contribution in [3.8, 4) is 22.8 Å². The number of esters is 2. The Hall–Kier alpha value is -5.68. The Bertz CT molecular complexity index is 2250. The van der Waals surface area contributed by atoms with Crippen LogP contribution in [0.4, 0.5) is 0 Å². The molecule has 1 atom stereocenters. The number of ether oxygens (including phenoxy) is 4. The van der Waals surface area contributed by atoms with Crippen LogP contribution < -0.4 is 24.4 Å². The highest BCUT2D eigenvalue weighted by atomic mass is 32.1. The van der Waals surface area contributed by atoms with E-state index in [4.69, 9.17) is 28.4 Å². The molecule has 5 aromatic rings. The number of rotatable bonds is 12. The Labute approximate surface area is 292 Å². The van der Waals surface area contributed by atoms with Crippen molar-refractivity contribution in [2.24, 2.45) is 4.99 Å². The van der Waals surface area contributed by atoms with Crippen LogP contribution in [0.2, 0.25) is 0 Å². The van der Waals surface area contributed by atoms with E-state index in [0.717, 1.165) is 6.42 Å². The summed E-state index contributed by atoms with van der Waals surface area (Å²) >= 11 is 1.18. The Morgan fingerprint density at radius 1 is 0.900 bits per heavy atom. The lowest BCUT2D eigenvalue weighted by molar-refractivity contribution is -0.138. The molecule has 11 heteroatoms. The van der Waals surface area contributed by atoms with Gasteiger partial charge in [-0.25, -0.2) is 14.6 Å². The van der Waals surface area contributed by atoms with Crippen LogP contribution in [0.5, 0.6) is 11.5 Å². The molecule has 0 bridgehead atoms. The molecular formula is C39H36N2O8S. The fraction of sp³-hybridized carbons (Fsp3) is 0.231. The number of aromatic nitrogens is 1. The first-order valence-electron chi connectivity index (χ1n) is 16.3. The fourth-order valence-electron chi connectivity index (χ4n) is 5.73. The van der Waals surface area contributed by atoms with Crippen LogP contribution >= 0.6 is 11.3 Å². The van der Waals surface area contributed by atoms with Crippen molar-refractivity contribution in [2.75, 3.05) is 26.9 Å². The van der Waals surface area contributed by atoms with Crippen molar-refractivity contribution in [1.29, 1.82) is 0 Å². The smallest absolute Gasteiger partial charge is 0.338 e. The summed E-state index contributed by atoms with van der Waals surface area (Å²) in [5, 5.41) is 0. The normalized spacial score (nSPS) is 14.2. The van der Waals surface area contributed by atoms with Gasteiger partial charge in [-0.05, 0) is 50.6 Å². The summed E-state index contributed by atoms with van der Waals surface area (Å²) in [7, 11) is 1.55. The number of carbonyl (C=O) groups excluding carboxylic acids is 2. The second kappa shape index (κ2) is 15.3. The van der Waals surface area contributed by atoms with E-state index >= 15 is 0 Å². The van der Waals surface area contributed by atoms with Gasteiger partial charge in [0, 0.05) is 22.8 Å². The van der Waals surface area contributed by atoms with Gasteiger partial charge < -0.3 is 23.4 Å². The van der Waals surface area contributed by atoms with Crippen LogP contribution in [0, 0.1) is 0 Å². The molecule has 0 unspecified atom stereocenters. The second-order valence-electron chi connectivity index (χ2n) is 11.2. The van der Waals surface area contributed by atoms with Crippen LogP contribution in [-0.4, -0.2) is 43.4 Å². The first kappa shape index (κ1) is 34.2. The minimum absolute atomic E-state index is 0.127. The number of fused-ring (bicyclic) bond motifs is 1. The number of furan rings is 1. The molecule has 2 aromatic heterocycles. The minimum atomic E-state index is -0.956. The third-order valence-electron chi connectivity index (χ3n) is 7.91. The summed E-state index contributed by atoms with van der Waals surface area (Å²) in [5.74, 6) is 0.804. The molecule has 6 rings (SSSR count). The average Bonchev–Trinajstić information content (AvgIpc) is 3.74. The van der Waals surface area contributed by atoms with Gasteiger partial charge in [0.2, 0.25) is 0 Å². The molecule has 0 saturated heterocycles. The highest BCUT2D eigenvalue weighted by Gasteiger charge is 2.37. The molecular weight excluding hydrogens is 657 g/mol. The maximum absolute atomic E-state index is 14.5. The summed E-state index contributed by atoms with van der Waals surface area (Å²) in [6.45, 7) is 6.27. The average molecular weight is 693 g/mol. The minimum Gasteiger partial charge on any atom is -0.493 e. The molecule has 10 nitrogen and oxygen atoms in total. The predicted octanol–water partition coefficient (Wildman–Crippen LogP) is 6.17. The largest absolute Gasteiger partial charge is 0.493 e. The van der Waals surface area contributed by atoms with E-state index in [2.05, 4.69) is 0 Å². The molecule has 0 saturated carbocycles. The first-order chi connectivity index (χ1) is 24.4. The van der Waals surface area contributed by atoms with Gasteiger partial charge in [-0.1, -0.05) is 72.9 Å². The first-order valence-corrected chi connectivity index (χ1v) is 17.2. The summed E-state index contributed by atoms with van der Waals surface area (Å²) < 4.78 is 30.7. The van der Waals surface area contributed by atoms with E-state index in [1.165, 1.54) is 15.9 Å². The third kappa shape index (κ3) is 6.77. The third-order valence-corrected chi connectivity index (χ3v) is 8.89. The molecule has 0 spiro atoms. The van der Waals surface area contributed by atoms with Crippen LogP contribution in [0.25, 0.3) is 23.1 Å². The number of methoxy groups -OCH3 is 1. The number of nitrogens with zero attached hydrogens (tertiary/aromatic N) is 2. The van der Waals surface area contributed by atoms with Crippen molar-refractivity contribution >= 4 is 35.0 Å². The molecule has 50 heavy (non-hydrogen) atoms. The maximum Gasteiger partial charge on any atom is 0.338 e. The number of thiazole rings is 1. The highest BCUT2D eigenvalue weighted by Crippen LogP contribution is 2.42. The van der Waals surface area contributed by atoms with Crippen LogP contribution in [0.3, 0.4) is 0 Å². The van der Waals surface area contributed by atoms with E-state index < -0.39 is 18.0 Å². The monoisotopic (exact) mass is 692 g/mol. The lowest BCUT2D eigenvalue weighted by atomic mass is 9.92. The Morgan fingerprint density at radius 3 is 2.38 bits per heavy atom. The van der Waals surface area contributed by atoms with Gasteiger partial charge in [-0.15, -0.1) is 0 Å².